The number of rotatable bonds is 4. The van der Waals surface area contributed by atoms with Gasteiger partial charge in [0.15, 0.2) is 0 Å². The summed E-state index contributed by atoms with van der Waals surface area (Å²) in [5, 5.41) is 6.52. The normalized spacial score (nSPS) is 15.9. The summed E-state index contributed by atoms with van der Waals surface area (Å²) in [7, 11) is -3.63. The van der Waals surface area contributed by atoms with Crippen molar-refractivity contribution in [1.29, 1.82) is 0 Å². The molecule has 0 unspecified atom stereocenters. The average molecular weight is 382 g/mol. The van der Waals surface area contributed by atoms with Gasteiger partial charge in [0.1, 0.15) is 4.88 Å². The van der Waals surface area contributed by atoms with Crippen LogP contribution < -0.4 is 5.32 Å². The van der Waals surface area contributed by atoms with Crippen LogP contribution in [0.5, 0.6) is 0 Å². The van der Waals surface area contributed by atoms with Gasteiger partial charge in [-0.2, -0.15) is 4.31 Å². The zero-order chi connectivity index (χ0) is 18.0. The van der Waals surface area contributed by atoms with Crippen molar-refractivity contribution in [3.63, 3.8) is 0 Å². The molecule has 1 aromatic carbocycles. The molecule has 2 heterocycles. The van der Waals surface area contributed by atoms with E-state index in [0.717, 1.165) is 11.5 Å². The van der Waals surface area contributed by atoms with Gasteiger partial charge in [-0.05, 0) is 43.1 Å². The molecule has 0 atom stereocenters. The molecule has 1 N–H and O–H groups in total. The Labute approximate surface area is 150 Å². The van der Waals surface area contributed by atoms with Crippen LogP contribution in [0.15, 0.2) is 23.1 Å². The van der Waals surface area contributed by atoms with E-state index in [2.05, 4.69) is 14.9 Å². The lowest BCUT2D eigenvalue weighted by Gasteiger charge is -2.26. The summed E-state index contributed by atoms with van der Waals surface area (Å²) in [5.41, 5.74) is 1.58. The Balaban J connectivity index is 1.88. The summed E-state index contributed by atoms with van der Waals surface area (Å²) in [5.74, 6) is -0.355. The van der Waals surface area contributed by atoms with Gasteiger partial charge in [0.05, 0.1) is 23.8 Å². The van der Waals surface area contributed by atoms with Gasteiger partial charge >= 0.3 is 0 Å². The first-order valence-corrected chi connectivity index (χ1v) is 9.90. The van der Waals surface area contributed by atoms with E-state index in [9.17, 15) is 13.2 Å². The van der Waals surface area contributed by atoms with Crippen LogP contribution in [0.3, 0.4) is 0 Å². The number of aryl methyl sites for hydroxylation is 2. The molecule has 3 rings (SSSR count). The molecule has 1 amide bonds. The Morgan fingerprint density at radius 2 is 2.00 bits per heavy atom. The maximum absolute atomic E-state index is 12.9. The van der Waals surface area contributed by atoms with Gasteiger partial charge in [-0.15, -0.1) is 5.10 Å². The van der Waals surface area contributed by atoms with E-state index in [1.807, 2.05) is 0 Å². The molecule has 1 aliphatic rings. The molecule has 134 valence electrons. The van der Waals surface area contributed by atoms with Gasteiger partial charge in [0.2, 0.25) is 10.0 Å². The van der Waals surface area contributed by atoms with Crippen LogP contribution in [0.4, 0.5) is 5.69 Å². The van der Waals surface area contributed by atoms with Crippen LogP contribution in [0.25, 0.3) is 0 Å². The van der Waals surface area contributed by atoms with Crippen molar-refractivity contribution in [3.05, 3.63) is 34.3 Å². The highest BCUT2D eigenvalue weighted by molar-refractivity contribution is 7.89. The maximum Gasteiger partial charge on any atom is 0.269 e. The number of aromatic nitrogens is 2. The van der Waals surface area contributed by atoms with Crippen LogP contribution in [-0.2, 0) is 14.8 Å². The number of amides is 1. The second-order valence-corrected chi connectivity index (χ2v) is 8.30. The van der Waals surface area contributed by atoms with E-state index in [1.165, 1.54) is 10.4 Å². The largest absolute Gasteiger partial charge is 0.379 e. The van der Waals surface area contributed by atoms with Crippen molar-refractivity contribution in [3.8, 4) is 0 Å². The first-order valence-electron chi connectivity index (χ1n) is 7.68. The summed E-state index contributed by atoms with van der Waals surface area (Å²) in [6.45, 7) is 4.84. The monoisotopic (exact) mass is 382 g/mol. The highest BCUT2D eigenvalue weighted by atomic mass is 32.2. The fraction of sp³-hybridized carbons (Fsp3) is 0.400. The molecule has 1 aliphatic heterocycles. The number of anilines is 1. The SMILES string of the molecule is Cc1ccc(NC(=O)c2snnc2C)cc1S(=O)(=O)N1CCOCC1. The smallest absolute Gasteiger partial charge is 0.269 e. The molecule has 2 aromatic rings. The Bertz CT molecular complexity index is 889. The summed E-state index contributed by atoms with van der Waals surface area (Å²) in [4.78, 5) is 12.9. The van der Waals surface area contributed by atoms with Crippen molar-refractivity contribution in [2.24, 2.45) is 0 Å². The van der Waals surface area contributed by atoms with Gasteiger partial charge in [-0.3, -0.25) is 4.79 Å². The second-order valence-electron chi connectivity index (χ2n) is 5.64. The molecule has 0 radical (unpaired) electrons. The topological polar surface area (TPSA) is 101 Å². The minimum Gasteiger partial charge on any atom is -0.379 e. The molecule has 25 heavy (non-hydrogen) atoms. The lowest BCUT2D eigenvalue weighted by Crippen LogP contribution is -2.40. The number of nitrogens with zero attached hydrogens (tertiary/aromatic N) is 3. The third kappa shape index (κ3) is 3.71. The fourth-order valence-corrected chi connectivity index (χ4v) is 4.72. The second kappa shape index (κ2) is 7.16. The molecule has 1 aromatic heterocycles. The van der Waals surface area contributed by atoms with Crippen LogP contribution in [-0.4, -0.2) is 54.5 Å². The summed E-state index contributed by atoms with van der Waals surface area (Å²) < 4.78 is 36.1. The highest BCUT2D eigenvalue weighted by Gasteiger charge is 2.28. The summed E-state index contributed by atoms with van der Waals surface area (Å²) in [6, 6.07) is 4.85. The number of ether oxygens (including phenoxy) is 1. The van der Waals surface area contributed by atoms with Gasteiger partial charge in [-0.25, -0.2) is 8.42 Å². The Kier molecular flexibility index (Phi) is 5.13. The maximum atomic E-state index is 12.9. The number of carbonyl (C=O) groups excluding carboxylic acids is 1. The molecule has 0 saturated carbocycles. The quantitative estimate of drug-likeness (QED) is 0.858. The van der Waals surface area contributed by atoms with Crippen molar-refractivity contribution in [2.75, 3.05) is 31.6 Å². The van der Waals surface area contributed by atoms with Crippen molar-refractivity contribution >= 4 is 33.2 Å². The molecule has 0 spiro atoms. The van der Waals surface area contributed by atoms with E-state index in [-0.39, 0.29) is 10.8 Å². The van der Waals surface area contributed by atoms with E-state index in [4.69, 9.17) is 4.74 Å². The van der Waals surface area contributed by atoms with Crippen LogP contribution in [0, 0.1) is 13.8 Å². The van der Waals surface area contributed by atoms with Gasteiger partial charge < -0.3 is 10.1 Å². The first-order chi connectivity index (χ1) is 11.9. The van der Waals surface area contributed by atoms with E-state index >= 15 is 0 Å². The summed E-state index contributed by atoms with van der Waals surface area (Å²) in [6.07, 6.45) is 0. The minimum atomic E-state index is -3.63. The number of hydrogen-bond donors (Lipinski definition) is 1. The Morgan fingerprint density at radius 1 is 1.28 bits per heavy atom. The van der Waals surface area contributed by atoms with Crippen molar-refractivity contribution in [2.45, 2.75) is 18.7 Å². The Morgan fingerprint density at radius 3 is 2.64 bits per heavy atom. The van der Waals surface area contributed by atoms with Crippen molar-refractivity contribution in [1.82, 2.24) is 13.9 Å². The standard InChI is InChI=1S/C15H18N4O4S2/c1-10-3-4-12(16-15(20)14-11(2)17-18-24-14)9-13(10)25(21,22)19-5-7-23-8-6-19/h3-4,9H,5-8H2,1-2H3,(H,16,20). The molecule has 0 aliphatic carbocycles. The highest BCUT2D eigenvalue weighted by Crippen LogP contribution is 2.25. The fourth-order valence-electron chi connectivity index (χ4n) is 2.51. The number of nitrogens with one attached hydrogen (secondary N) is 1. The molecule has 0 bridgehead atoms. The predicted molar refractivity (Wildman–Crippen MR) is 93.4 cm³/mol. The van der Waals surface area contributed by atoms with Crippen LogP contribution >= 0.6 is 11.5 Å². The Hall–Kier alpha value is -1.88. The zero-order valence-electron chi connectivity index (χ0n) is 13.9. The van der Waals surface area contributed by atoms with E-state index in [0.29, 0.717) is 48.1 Å². The predicted octanol–water partition coefficient (Wildman–Crippen LogP) is 1.43. The third-order valence-corrected chi connectivity index (χ3v) is 6.76. The number of carbonyl (C=O) groups is 1. The van der Waals surface area contributed by atoms with Crippen LogP contribution in [0.2, 0.25) is 0 Å². The average Bonchev–Trinajstić information content (AvgIpc) is 3.03. The number of benzene rings is 1. The third-order valence-electron chi connectivity index (χ3n) is 3.89. The minimum absolute atomic E-state index is 0.186. The lowest BCUT2D eigenvalue weighted by atomic mass is 10.2. The van der Waals surface area contributed by atoms with E-state index < -0.39 is 10.0 Å². The van der Waals surface area contributed by atoms with Gasteiger partial charge in [-0.1, -0.05) is 10.6 Å². The number of morpholine rings is 1. The number of sulfonamides is 1. The van der Waals surface area contributed by atoms with Crippen molar-refractivity contribution < 1.29 is 17.9 Å². The molecule has 1 fully saturated rings. The molecular formula is C15H18N4O4S2. The van der Waals surface area contributed by atoms with Gasteiger partial charge in [0.25, 0.3) is 5.91 Å². The zero-order valence-corrected chi connectivity index (χ0v) is 15.5. The number of hydrogen-bond acceptors (Lipinski definition) is 7. The first kappa shape index (κ1) is 17.9. The molecule has 10 heteroatoms. The molecular weight excluding hydrogens is 364 g/mol. The lowest BCUT2D eigenvalue weighted by molar-refractivity contribution is 0.0730. The van der Waals surface area contributed by atoms with Gasteiger partial charge in [0, 0.05) is 18.8 Å². The molecule has 1 saturated heterocycles. The summed E-state index contributed by atoms with van der Waals surface area (Å²) >= 11 is 0.999. The molecule has 8 nitrogen and oxygen atoms in total. The van der Waals surface area contributed by atoms with Crippen LogP contribution in [0.1, 0.15) is 20.9 Å². The van der Waals surface area contributed by atoms with E-state index in [1.54, 1.807) is 26.0 Å².